The van der Waals surface area contributed by atoms with E-state index in [4.69, 9.17) is 10.5 Å². The molecule has 2 atom stereocenters. The average Bonchev–Trinajstić information content (AvgIpc) is 2.18. The summed E-state index contributed by atoms with van der Waals surface area (Å²) >= 11 is 0. The molecule has 2 rings (SSSR count). The zero-order valence-corrected chi connectivity index (χ0v) is 9.96. The number of benzene rings is 1. The van der Waals surface area contributed by atoms with Crippen LogP contribution >= 0.6 is 12.4 Å². The van der Waals surface area contributed by atoms with E-state index in [0.29, 0.717) is 12.5 Å². The van der Waals surface area contributed by atoms with E-state index in [-0.39, 0.29) is 24.6 Å². The molecular weight excluding hydrogens is 210 g/mol. The molecule has 1 aliphatic heterocycles. The van der Waals surface area contributed by atoms with Gasteiger partial charge in [0.05, 0.1) is 18.8 Å². The Balaban J connectivity index is 0.00000112. The molecule has 1 aromatic rings. The van der Waals surface area contributed by atoms with Crippen molar-refractivity contribution in [3.63, 3.8) is 0 Å². The van der Waals surface area contributed by atoms with E-state index >= 15 is 0 Å². The second kappa shape index (κ2) is 4.97. The van der Waals surface area contributed by atoms with E-state index in [1.54, 1.807) is 0 Å². The number of ether oxygens (including phenoxy) is 1. The fourth-order valence-corrected chi connectivity index (χ4v) is 2.06. The third kappa shape index (κ3) is 2.33. The summed E-state index contributed by atoms with van der Waals surface area (Å²) in [6.07, 6.45) is 0.157. The Hall–Kier alpha value is -0.570. The van der Waals surface area contributed by atoms with Gasteiger partial charge in [0.15, 0.2) is 0 Å². The minimum absolute atomic E-state index is 0. The van der Waals surface area contributed by atoms with Gasteiger partial charge in [-0.05, 0) is 17.0 Å². The Labute approximate surface area is 97.2 Å². The second-order valence-corrected chi connectivity index (χ2v) is 4.24. The molecule has 0 amide bonds. The Kier molecular flexibility index (Phi) is 4.14. The number of hydrogen-bond donors (Lipinski definition) is 1. The maximum absolute atomic E-state index is 6.17. The van der Waals surface area contributed by atoms with Crippen LogP contribution in [-0.4, -0.2) is 6.10 Å². The maximum Gasteiger partial charge on any atom is 0.0795 e. The van der Waals surface area contributed by atoms with Crippen molar-refractivity contribution < 1.29 is 4.74 Å². The first kappa shape index (κ1) is 12.5. The predicted octanol–water partition coefficient (Wildman–Crippen LogP) is 2.66. The SMILES string of the molecule is CC(C)[C@H]1OCc2ccccc2[C@@H]1N.Cl. The molecule has 0 aromatic heterocycles. The minimum atomic E-state index is 0. The van der Waals surface area contributed by atoms with Crippen molar-refractivity contribution in [1.29, 1.82) is 0 Å². The van der Waals surface area contributed by atoms with Crippen LogP contribution in [0.15, 0.2) is 24.3 Å². The molecule has 0 bridgehead atoms. The summed E-state index contributed by atoms with van der Waals surface area (Å²) in [5.74, 6) is 0.471. The van der Waals surface area contributed by atoms with Gasteiger partial charge in [-0.25, -0.2) is 0 Å². The Morgan fingerprint density at radius 1 is 1.33 bits per heavy atom. The van der Waals surface area contributed by atoms with Gasteiger partial charge in [0, 0.05) is 0 Å². The Morgan fingerprint density at radius 2 is 2.00 bits per heavy atom. The van der Waals surface area contributed by atoms with Crippen LogP contribution in [0.3, 0.4) is 0 Å². The highest BCUT2D eigenvalue weighted by atomic mass is 35.5. The van der Waals surface area contributed by atoms with Gasteiger partial charge in [-0.1, -0.05) is 38.1 Å². The normalized spacial score (nSPS) is 24.5. The van der Waals surface area contributed by atoms with Crippen LogP contribution in [0, 0.1) is 5.92 Å². The van der Waals surface area contributed by atoms with E-state index in [1.807, 2.05) is 12.1 Å². The van der Waals surface area contributed by atoms with Gasteiger partial charge >= 0.3 is 0 Å². The van der Waals surface area contributed by atoms with Crippen molar-refractivity contribution >= 4 is 12.4 Å². The second-order valence-electron chi connectivity index (χ2n) is 4.24. The van der Waals surface area contributed by atoms with Gasteiger partial charge in [-0.2, -0.15) is 0 Å². The summed E-state index contributed by atoms with van der Waals surface area (Å²) in [6, 6.07) is 8.30. The third-order valence-electron chi connectivity index (χ3n) is 2.86. The number of hydrogen-bond acceptors (Lipinski definition) is 2. The van der Waals surface area contributed by atoms with Gasteiger partial charge in [0.1, 0.15) is 0 Å². The van der Waals surface area contributed by atoms with Gasteiger partial charge < -0.3 is 10.5 Å². The third-order valence-corrected chi connectivity index (χ3v) is 2.86. The molecule has 0 unspecified atom stereocenters. The summed E-state index contributed by atoms with van der Waals surface area (Å²) in [7, 11) is 0. The van der Waals surface area contributed by atoms with Crippen LogP contribution < -0.4 is 5.73 Å². The first-order chi connectivity index (χ1) is 6.70. The highest BCUT2D eigenvalue weighted by Crippen LogP contribution is 2.30. The molecule has 15 heavy (non-hydrogen) atoms. The average molecular weight is 228 g/mol. The van der Waals surface area contributed by atoms with Crippen molar-refractivity contribution in [3.8, 4) is 0 Å². The van der Waals surface area contributed by atoms with Crippen molar-refractivity contribution in [1.82, 2.24) is 0 Å². The quantitative estimate of drug-likeness (QED) is 0.801. The molecule has 0 fully saturated rings. The highest BCUT2D eigenvalue weighted by molar-refractivity contribution is 5.85. The number of rotatable bonds is 1. The van der Waals surface area contributed by atoms with Crippen LogP contribution in [0.4, 0.5) is 0 Å². The largest absolute Gasteiger partial charge is 0.371 e. The van der Waals surface area contributed by atoms with Crippen LogP contribution in [0.1, 0.15) is 31.0 Å². The highest BCUT2D eigenvalue weighted by Gasteiger charge is 2.29. The smallest absolute Gasteiger partial charge is 0.0795 e. The lowest BCUT2D eigenvalue weighted by Gasteiger charge is -2.33. The molecule has 1 aromatic carbocycles. The predicted molar refractivity (Wildman–Crippen MR) is 64.0 cm³/mol. The molecule has 84 valence electrons. The summed E-state index contributed by atoms with van der Waals surface area (Å²) in [5.41, 5.74) is 8.65. The molecule has 3 heteroatoms. The van der Waals surface area contributed by atoms with Crippen LogP contribution in [0.5, 0.6) is 0 Å². The molecule has 0 radical (unpaired) electrons. The maximum atomic E-state index is 6.17. The Morgan fingerprint density at radius 3 is 2.67 bits per heavy atom. The van der Waals surface area contributed by atoms with Crippen LogP contribution in [-0.2, 0) is 11.3 Å². The standard InChI is InChI=1S/C12H17NO.ClH/c1-8(2)12-11(13)10-6-4-3-5-9(10)7-14-12;/h3-6,8,11-12H,7,13H2,1-2H3;1H/t11-,12+;/m0./s1. The van der Waals surface area contributed by atoms with Gasteiger partial charge in [-0.15, -0.1) is 12.4 Å². The van der Waals surface area contributed by atoms with E-state index in [9.17, 15) is 0 Å². The van der Waals surface area contributed by atoms with Crippen molar-refractivity contribution in [2.75, 3.05) is 0 Å². The monoisotopic (exact) mass is 227 g/mol. The van der Waals surface area contributed by atoms with Crippen molar-refractivity contribution in [2.24, 2.45) is 11.7 Å². The van der Waals surface area contributed by atoms with Crippen LogP contribution in [0.2, 0.25) is 0 Å². The van der Waals surface area contributed by atoms with E-state index in [2.05, 4.69) is 26.0 Å². The number of nitrogens with two attached hydrogens (primary N) is 1. The number of halogens is 1. The summed E-state index contributed by atoms with van der Waals surface area (Å²) in [6.45, 7) is 5.00. The molecule has 0 saturated carbocycles. The molecule has 0 aliphatic carbocycles. The van der Waals surface area contributed by atoms with E-state index in [0.717, 1.165) is 0 Å². The first-order valence-electron chi connectivity index (χ1n) is 5.15. The van der Waals surface area contributed by atoms with Gasteiger partial charge in [0.2, 0.25) is 0 Å². The van der Waals surface area contributed by atoms with E-state index in [1.165, 1.54) is 11.1 Å². The number of fused-ring (bicyclic) bond motifs is 1. The van der Waals surface area contributed by atoms with E-state index < -0.39 is 0 Å². The molecule has 2 nitrogen and oxygen atoms in total. The van der Waals surface area contributed by atoms with Crippen molar-refractivity contribution in [3.05, 3.63) is 35.4 Å². The summed E-state index contributed by atoms with van der Waals surface area (Å²) in [4.78, 5) is 0. The Bertz CT molecular complexity index is 327. The summed E-state index contributed by atoms with van der Waals surface area (Å²) < 4.78 is 5.75. The van der Waals surface area contributed by atoms with Gasteiger partial charge in [-0.3, -0.25) is 0 Å². The molecule has 1 heterocycles. The van der Waals surface area contributed by atoms with Crippen LogP contribution in [0.25, 0.3) is 0 Å². The zero-order chi connectivity index (χ0) is 10.1. The molecule has 1 aliphatic rings. The molecule has 0 spiro atoms. The lowest BCUT2D eigenvalue weighted by molar-refractivity contribution is -0.0194. The lowest BCUT2D eigenvalue weighted by atomic mass is 9.89. The minimum Gasteiger partial charge on any atom is -0.371 e. The zero-order valence-electron chi connectivity index (χ0n) is 9.14. The molecule has 0 saturated heterocycles. The fourth-order valence-electron chi connectivity index (χ4n) is 2.06. The molecule has 2 N–H and O–H groups in total. The summed E-state index contributed by atoms with van der Waals surface area (Å²) in [5, 5.41) is 0. The van der Waals surface area contributed by atoms with Crippen molar-refractivity contribution in [2.45, 2.75) is 32.6 Å². The van der Waals surface area contributed by atoms with Gasteiger partial charge in [0.25, 0.3) is 0 Å². The molecular formula is C12H18ClNO. The first-order valence-corrected chi connectivity index (χ1v) is 5.15. The topological polar surface area (TPSA) is 35.2 Å². The fraction of sp³-hybridized carbons (Fsp3) is 0.500. The lowest BCUT2D eigenvalue weighted by Crippen LogP contribution is -2.37.